The molecule has 2 aliphatic carbocycles. The van der Waals surface area contributed by atoms with Gasteiger partial charge in [0.25, 0.3) is 0 Å². The van der Waals surface area contributed by atoms with E-state index in [-0.39, 0.29) is 25.9 Å². The minimum atomic E-state index is 0. The Morgan fingerprint density at radius 3 is 2.70 bits per heavy atom. The van der Waals surface area contributed by atoms with Crippen molar-refractivity contribution in [2.45, 2.75) is 19.3 Å². The Hall–Kier alpha value is 0.986. The molecule has 0 aromatic carbocycles. The Bertz CT molecular complexity index is 163. The molecule has 0 aromatic rings. The summed E-state index contributed by atoms with van der Waals surface area (Å²) in [6.07, 6.45) is 9.07. The first-order chi connectivity index (χ1) is 4.35. The third kappa shape index (κ3) is 1.30. The monoisotopic (exact) mass is 212 g/mol. The van der Waals surface area contributed by atoms with E-state index in [4.69, 9.17) is 0 Å². The average molecular weight is 213 g/mol. The molecule has 1 saturated carbocycles. The molecule has 0 aliphatic heterocycles. The van der Waals surface area contributed by atoms with Crippen LogP contribution in [0.1, 0.15) is 22.1 Å². The van der Waals surface area contributed by atoms with Crippen molar-refractivity contribution < 1.29 is 2.85 Å². The van der Waals surface area contributed by atoms with Crippen molar-refractivity contribution >= 4 is 39.0 Å². The molecule has 54 valence electrons. The van der Waals surface area contributed by atoms with E-state index in [2.05, 4.69) is 28.1 Å². The maximum atomic E-state index is 3.57. The molecule has 2 atom stereocenters. The van der Waals surface area contributed by atoms with Crippen LogP contribution in [0.5, 0.6) is 0 Å². The summed E-state index contributed by atoms with van der Waals surface area (Å²) in [5.74, 6) is 0.933. The zero-order chi connectivity index (χ0) is 6.32. The van der Waals surface area contributed by atoms with Gasteiger partial charge in [0.1, 0.15) is 0 Å². The third-order valence-electron chi connectivity index (χ3n) is 2.67. The summed E-state index contributed by atoms with van der Waals surface area (Å²) in [6.45, 7) is 0. The first-order valence-corrected chi connectivity index (χ1v) is 4.72. The maximum Gasteiger partial charge on any atom is 2.00 e. The second-order valence-electron chi connectivity index (χ2n) is 3.36. The van der Waals surface area contributed by atoms with Gasteiger partial charge >= 0.3 is 23.1 Å². The molecule has 0 radical (unpaired) electrons. The third-order valence-corrected chi connectivity index (χ3v) is 3.79. The quantitative estimate of drug-likeness (QED) is 0.357. The molecule has 0 aromatic heterocycles. The summed E-state index contributed by atoms with van der Waals surface area (Å²) in [5.41, 5.74) is 0.588. The van der Waals surface area contributed by atoms with E-state index in [1.807, 2.05) is 0 Å². The van der Waals surface area contributed by atoms with Crippen LogP contribution in [0.4, 0.5) is 0 Å². The molecule has 2 bridgehead atoms. The molecule has 0 spiro atoms. The zero-order valence-corrected chi connectivity index (χ0v) is 9.15. The number of hydrogen-bond donors (Lipinski definition) is 0. The van der Waals surface area contributed by atoms with Gasteiger partial charge in [-0.05, 0) is 30.6 Å². The van der Waals surface area contributed by atoms with Gasteiger partial charge in [0.05, 0.1) is 0 Å². The molecule has 0 saturated heterocycles. The van der Waals surface area contributed by atoms with E-state index in [9.17, 15) is 0 Å². The molecule has 0 N–H and O–H groups in total. The second-order valence-corrected chi connectivity index (χ2v) is 3.92. The topological polar surface area (TPSA) is 0 Å². The molecule has 2 aliphatic rings. The van der Waals surface area contributed by atoms with Crippen LogP contribution < -0.4 is 0 Å². The summed E-state index contributed by atoms with van der Waals surface area (Å²) in [6, 6.07) is 0. The van der Waals surface area contributed by atoms with Crippen LogP contribution in [-0.4, -0.2) is 28.4 Å². The fourth-order valence-corrected chi connectivity index (χ4v) is 2.72. The molecule has 0 nitrogen and oxygen atoms in total. The van der Waals surface area contributed by atoms with Crippen molar-refractivity contribution in [1.82, 2.24) is 0 Å². The maximum absolute atomic E-state index is 3.57. The van der Waals surface area contributed by atoms with Crippen LogP contribution in [0.15, 0.2) is 12.2 Å². The molecule has 0 heterocycles. The largest absolute Gasteiger partial charge is 2.00 e. The van der Waals surface area contributed by atoms with Crippen molar-refractivity contribution in [2.75, 3.05) is 5.33 Å². The zero-order valence-electron chi connectivity index (χ0n) is 8.15. The molecule has 2 rings (SSSR count). The van der Waals surface area contributed by atoms with E-state index < -0.39 is 0 Å². The second kappa shape index (κ2) is 3.16. The number of hydrogen-bond acceptors (Lipinski definition) is 0. The van der Waals surface area contributed by atoms with Crippen LogP contribution in [0.2, 0.25) is 0 Å². The number of allylic oxidation sites excluding steroid dienone is 2. The van der Waals surface area contributed by atoms with Crippen LogP contribution in [0.3, 0.4) is 0 Å². The van der Waals surface area contributed by atoms with Crippen molar-refractivity contribution in [3.63, 3.8) is 0 Å². The van der Waals surface area contributed by atoms with Crippen LogP contribution in [-0.2, 0) is 0 Å². The minimum absolute atomic E-state index is 0. The Kier molecular flexibility index (Phi) is 2.86. The van der Waals surface area contributed by atoms with Crippen molar-refractivity contribution in [3.05, 3.63) is 12.2 Å². The number of rotatable bonds is 1. The van der Waals surface area contributed by atoms with Crippen molar-refractivity contribution in [2.24, 2.45) is 11.3 Å². The van der Waals surface area contributed by atoms with Gasteiger partial charge in [0.15, 0.2) is 0 Å². The molecule has 1 fully saturated rings. The van der Waals surface area contributed by atoms with Gasteiger partial charge in [-0.3, -0.25) is 0 Å². The van der Waals surface area contributed by atoms with Gasteiger partial charge in [-0.1, -0.05) is 28.1 Å². The van der Waals surface area contributed by atoms with E-state index in [1.54, 1.807) is 0 Å². The smallest absolute Gasteiger partial charge is 1.00 e. The normalized spacial score (nSPS) is 41.9. The molecular weight excluding hydrogens is 200 g/mol. The molecule has 2 unspecified atom stereocenters. The number of alkyl halides is 1. The molecule has 2 heteroatoms. The summed E-state index contributed by atoms with van der Waals surface area (Å²) < 4.78 is 0. The summed E-state index contributed by atoms with van der Waals surface area (Å²) in [7, 11) is 0. The predicted molar refractivity (Wildman–Crippen MR) is 50.7 cm³/mol. The average Bonchev–Trinajstić information content (AvgIpc) is 2.46. The number of halogens is 1. The van der Waals surface area contributed by atoms with Gasteiger partial charge in [-0.2, -0.15) is 0 Å². The van der Waals surface area contributed by atoms with Gasteiger partial charge in [-0.25, -0.2) is 0 Å². The Morgan fingerprint density at radius 1 is 1.70 bits per heavy atom. The molecular formula is C8H13BrMg. The molecule has 10 heavy (non-hydrogen) atoms. The predicted octanol–water partition coefficient (Wildman–Crippen LogP) is 2.58. The van der Waals surface area contributed by atoms with Crippen LogP contribution in [0.25, 0.3) is 0 Å². The van der Waals surface area contributed by atoms with Gasteiger partial charge in [-0.15, -0.1) is 0 Å². The first-order valence-electron chi connectivity index (χ1n) is 3.60. The Balaban J connectivity index is 0. The fraction of sp³-hybridized carbons (Fsp3) is 0.750. The number of fused-ring (bicyclic) bond motifs is 2. The first kappa shape index (κ1) is 9.08. The van der Waals surface area contributed by atoms with E-state index >= 15 is 0 Å². The SMILES string of the molecule is BrCC12C=CC(CC1)C2.[H-].[H-].[Mg+2]. The van der Waals surface area contributed by atoms with Gasteiger partial charge < -0.3 is 2.85 Å². The summed E-state index contributed by atoms with van der Waals surface area (Å²) >= 11 is 3.57. The van der Waals surface area contributed by atoms with Crippen LogP contribution >= 0.6 is 15.9 Å². The van der Waals surface area contributed by atoms with E-state index in [0.717, 1.165) is 5.92 Å². The molecule has 0 amide bonds. The van der Waals surface area contributed by atoms with Gasteiger partial charge in [0, 0.05) is 5.33 Å². The standard InChI is InChI=1S/C8H11Br.Mg.2H/c9-6-8-3-1-7(5-8)2-4-8;;;/h1,3,7H,2,4-6H2;;;/q;+2;2*-1. The minimum Gasteiger partial charge on any atom is -1.00 e. The summed E-state index contributed by atoms with van der Waals surface area (Å²) in [4.78, 5) is 0. The van der Waals surface area contributed by atoms with Gasteiger partial charge in [0.2, 0.25) is 0 Å². The van der Waals surface area contributed by atoms with Crippen molar-refractivity contribution in [3.8, 4) is 0 Å². The summed E-state index contributed by atoms with van der Waals surface area (Å²) in [5, 5.41) is 1.17. The van der Waals surface area contributed by atoms with Crippen molar-refractivity contribution in [1.29, 1.82) is 0 Å². The Labute approximate surface area is 89.7 Å². The Morgan fingerprint density at radius 2 is 2.50 bits per heavy atom. The van der Waals surface area contributed by atoms with Crippen LogP contribution in [0, 0.1) is 11.3 Å². The fourth-order valence-electron chi connectivity index (χ4n) is 2.02. The van der Waals surface area contributed by atoms with E-state index in [1.165, 1.54) is 24.6 Å². The van der Waals surface area contributed by atoms with E-state index in [0.29, 0.717) is 5.41 Å².